The number of carbonyl (C=O) groups is 2. The fourth-order valence-electron chi connectivity index (χ4n) is 1.69. The van der Waals surface area contributed by atoms with Crippen molar-refractivity contribution in [2.45, 2.75) is 27.2 Å². The fraction of sp³-hybridized carbons (Fsp3) is 0.471. The van der Waals surface area contributed by atoms with E-state index in [0.717, 1.165) is 6.42 Å². The number of benzene rings is 1. The van der Waals surface area contributed by atoms with Crippen LogP contribution in [-0.2, 0) is 9.59 Å². The molecule has 0 saturated heterocycles. The highest BCUT2D eigenvalue weighted by atomic mass is 16.5. The lowest BCUT2D eigenvalue weighted by Crippen LogP contribution is -2.39. The first kappa shape index (κ1) is 19.5. The van der Waals surface area contributed by atoms with E-state index in [9.17, 15) is 9.59 Å². The highest BCUT2D eigenvalue weighted by Crippen LogP contribution is 2.27. The van der Waals surface area contributed by atoms with Crippen LogP contribution >= 0.6 is 0 Å². The zero-order valence-electron chi connectivity index (χ0n) is 14.6. The van der Waals surface area contributed by atoms with Crippen molar-refractivity contribution in [3.8, 4) is 11.5 Å². The summed E-state index contributed by atoms with van der Waals surface area (Å²) < 4.78 is 10.8. The Bertz CT molecular complexity index is 585. The van der Waals surface area contributed by atoms with Crippen LogP contribution in [0.3, 0.4) is 0 Å². The molecule has 0 aromatic heterocycles. The number of amides is 2. The van der Waals surface area contributed by atoms with Crippen molar-refractivity contribution in [2.75, 3.05) is 20.3 Å². The normalized spacial score (nSPS) is 10.7. The molecule has 0 aliphatic heterocycles. The van der Waals surface area contributed by atoms with Crippen molar-refractivity contribution in [1.82, 2.24) is 10.7 Å². The van der Waals surface area contributed by atoms with Gasteiger partial charge in [0.25, 0.3) is 0 Å². The van der Waals surface area contributed by atoms with E-state index in [1.165, 1.54) is 6.21 Å². The maximum absolute atomic E-state index is 11.6. The Morgan fingerprint density at radius 1 is 1.25 bits per heavy atom. The molecule has 1 aromatic rings. The topological polar surface area (TPSA) is 89.0 Å². The first-order chi connectivity index (χ1) is 11.5. The molecule has 1 aromatic carbocycles. The Hall–Kier alpha value is -2.57. The molecule has 0 bridgehead atoms. The van der Waals surface area contributed by atoms with E-state index in [1.807, 2.05) is 20.8 Å². The maximum atomic E-state index is 11.6. The molecule has 132 valence electrons. The van der Waals surface area contributed by atoms with E-state index in [4.69, 9.17) is 9.47 Å². The molecular formula is C17H25N3O4. The lowest BCUT2D eigenvalue weighted by molar-refractivity contribution is -0.139. The van der Waals surface area contributed by atoms with Gasteiger partial charge >= 0.3 is 11.8 Å². The maximum Gasteiger partial charge on any atom is 0.329 e. The van der Waals surface area contributed by atoms with Crippen molar-refractivity contribution < 1.29 is 19.1 Å². The van der Waals surface area contributed by atoms with Gasteiger partial charge in [0, 0.05) is 6.54 Å². The number of nitrogens with zero attached hydrogens (tertiary/aromatic N) is 1. The van der Waals surface area contributed by atoms with Gasteiger partial charge in [-0.1, -0.05) is 20.8 Å². The number of carbonyl (C=O) groups excluding carboxylic acids is 2. The molecule has 0 unspecified atom stereocenters. The van der Waals surface area contributed by atoms with Gasteiger partial charge in [0.1, 0.15) is 0 Å². The van der Waals surface area contributed by atoms with Crippen molar-refractivity contribution in [1.29, 1.82) is 0 Å². The van der Waals surface area contributed by atoms with Crippen LogP contribution in [0.15, 0.2) is 23.3 Å². The Labute approximate surface area is 142 Å². The summed E-state index contributed by atoms with van der Waals surface area (Å²) >= 11 is 0. The van der Waals surface area contributed by atoms with E-state index in [0.29, 0.717) is 30.2 Å². The summed E-state index contributed by atoms with van der Waals surface area (Å²) in [7, 11) is 1.55. The lowest BCUT2D eigenvalue weighted by atomic mass is 10.2. The molecule has 2 amide bonds. The quantitative estimate of drug-likeness (QED) is 0.430. The molecule has 0 radical (unpaired) electrons. The highest BCUT2D eigenvalue weighted by Gasteiger charge is 2.12. The standard InChI is InChI=1S/C17H25N3O4/c1-5-8-24-14-7-6-13(9-15(14)23-4)11-19-20-17(22)16(21)18-10-12(2)3/h6-7,9,11-12H,5,8,10H2,1-4H3,(H,18,21)(H,20,22)/b19-11-. The van der Waals surface area contributed by atoms with Gasteiger partial charge in [-0.25, -0.2) is 5.43 Å². The van der Waals surface area contributed by atoms with E-state index in [2.05, 4.69) is 15.8 Å². The van der Waals surface area contributed by atoms with Gasteiger partial charge < -0.3 is 14.8 Å². The summed E-state index contributed by atoms with van der Waals surface area (Å²) in [5.41, 5.74) is 2.89. The number of rotatable bonds is 8. The number of nitrogens with one attached hydrogen (secondary N) is 2. The third-order valence-corrected chi connectivity index (χ3v) is 2.91. The summed E-state index contributed by atoms with van der Waals surface area (Å²) in [6, 6.07) is 5.29. The molecule has 0 aliphatic carbocycles. The molecule has 24 heavy (non-hydrogen) atoms. The summed E-state index contributed by atoms with van der Waals surface area (Å²) in [4.78, 5) is 23.1. The first-order valence-corrected chi connectivity index (χ1v) is 7.90. The Balaban J connectivity index is 2.60. The average Bonchev–Trinajstić information content (AvgIpc) is 2.57. The minimum absolute atomic E-state index is 0.270. The van der Waals surface area contributed by atoms with Gasteiger partial charge in [-0.15, -0.1) is 0 Å². The van der Waals surface area contributed by atoms with Gasteiger partial charge in [-0.2, -0.15) is 5.10 Å². The van der Waals surface area contributed by atoms with Crippen LogP contribution in [0.2, 0.25) is 0 Å². The predicted octanol–water partition coefficient (Wildman–Crippen LogP) is 1.71. The fourth-order valence-corrected chi connectivity index (χ4v) is 1.69. The molecule has 7 nitrogen and oxygen atoms in total. The van der Waals surface area contributed by atoms with Gasteiger partial charge in [0.15, 0.2) is 11.5 Å². The predicted molar refractivity (Wildman–Crippen MR) is 92.4 cm³/mol. The monoisotopic (exact) mass is 335 g/mol. The van der Waals surface area contributed by atoms with E-state index >= 15 is 0 Å². The minimum atomic E-state index is -0.804. The van der Waals surface area contributed by atoms with Crippen LogP contribution in [0.4, 0.5) is 0 Å². The zero-order valence-corrected chi connectivity index (χ0v) is 14.6. The Kier molecular flexibility index (Phi) is 8.32. The summed E-state index contributed by atoms with van der Waals surface area (Å²) in [6.45, 7) is 6.94. The van der Waals surface area contributed by atoms with Crippen LogP contribution in [-0.4, -0.2) is 38.3 Å². The van der Waals surface area contributed by atoms with Gasteiger partial charge in [-0.3, -0.25) is 9.59 Å². The van der Waals surface area contributed by atoms with Gasteiger partial charge in [-0.05, 0) is 36.1 Å². The van der Waals surface area contributed by atoms with Crippen LogP contribution in [0.1, 0.15) is 32.8 Å². The summed E-state index contributed by atoms with van der Waals surface area (Å²) in [6.07, 6.45) is 2.33. The molecule has 0 atom stereocenters. The van der Waals surface area contributed by atoms with Gasteiger partial charge in [0.2, 0.25) is 0 Å². The second-order valence-electron chi connectivity index (χ2n) is 5.56. The van der Waals surface area contributed by atoms with E-state index in [1.54, 1.807) is 25.3 Å². The second kappa shape index (κ2) is 10.3. The molecule has 2 N–H and O–H groups in total. The first-order valence-electron chi connectivity index (χ1n) is 7.90. The molecular weight excluding hydrogens is 310 g/mol. The summed E-state index contributed by atoms with van der Waals surface area (Å²) in [5.74, 6) is -0.0170. The molecule has 0 aliphatic rings. The van der Waals surface area contributed by atoms with Crippen molar-refractivity contribution >= 4 is 18.0 Å². The number of methoxy groups -OCH3 is 1. The van der Waals surface area contributed by atoms with Crippen molar-refractivity contribution in [3.63, 3.8) is 0 Å². The Morgan fingerprint density at radius 3 is 2.62 bits per heavy atom. The van der Waals surface area contributed by atoms with Crippen LogP contribution < -0.4 is 20.2 Å². The highest BCUT2D eigenvalue weighted by molar-refractivity contribution is 6.35. The third kappa shape index (κ3) is 6.68. The number of ether oxygens (including phenoxy) is 2. The average molecular weight is 335 g/mol. The van der Waals surface area contributed by atoms with Crippen molar-refractivity contribution in [2.24, 2.45) is 11.0 Å². The largest absolute Gasteiger partial charge is 0.493 e. The molecule has 0 spiro atoms. The second-order valence-corrected chi connectivity index (χ2v) is 5.56. The molecule has 7 heteroatoms. The Morgan fingerprint density at radius 2 is 2.00 bits per heavy atom. The number of hydrogen-bond donors (Lipinski definition) is 2. The van der Waals surface area contributed by atoms with Crippen LogP contribution in [0.25, 0.3) is 0 Å². The lowest BCUT2D eigenvalue weighted by Gasteiger charge is -2.10. The molecule has 0 saturated carbocycles. The van der Waals surface area contributed by atoms with Gasteiger partial charge in [0.05, 0.1) is 19.9 Å². The molecule has 1 rings (SSSR count). The van der Waals surface area contributed by atoms with E-state index in [-0.39, 0.29) is 5.92 Å². The minimum Gasteiger partial charge on any atom is -0.493 e. The zero-order chi connectivity index (χ0) is 17.9. The van der Waals surface area contributed by atoms with Crippen molar-refractivity contribution in [3.05, 3.63) is 23.8 Å². The van der Waals surface area contributed by atoms with Crippen LogP contribution in [0, 0.1) is 5.92 Å². The smallest absolute Gasteiger partial charge is 0.329 e. The summed E-state index contributed by atoms with van der Waals surface area (Å²) in [5, 5.41) is 6.29. The molecule has 0 fully saturated rings. The third-order valence-electron chi connectivity index (χ3n) is 2.91. The molecule has 0 heterocycles. The number of hydrazone groups is 1. The number of hydrogen-bond acceptors (Lipinski definition) is 5. The van der Waals surface area contributed by atoms with Crippen LogP contribution in [0.5, 0.6) is 11.5 Å². The SMILES string of the molecule is CCCOc1ccc(/C=N\NC(=O)C(=O)NCC(C)C)cc1OC. The van der Waals surface area contributed by atoms with E-state index < -0.39 is 11.8 Å².